The number of carbonyl (C=O) groups is 2. The minimum absolute atomic E-state index is 0.0208. The smallest absolute Gasteiger partial charge is 0.336 e. The quantitative estimate of drug-likeness (QED) is 0.912. The van der Waals surface area contributed by atoms with Crippen LogP contribution in [-0.2, 0) is 0 Å². The summed E-state index contributed by atoms with van der Waals surface area (Å²) in [5.41, 5.74) is 0.282. The average Bonchev–Trinajstić information content (AvgIpc) is 2.43. The average molecular weight is 291 g/mol. The van der Waals surface area contributed by atoms with Crippen molar-refractivity contribution in [3.05, 3.63) is 64.7 Å². The Morgan fingerprint density at radius 1 is 1.10 bits per heavy atom. The Kier molecular flexibility index (Phi) is 3.98. The third kappa shape index (κ3) is 3.05. The summed E-state index contributed by atoms with van der Waals surface area (Å²) in [5, 5.41) is 11.3. The third-order valence-corrected chi connectivity index (χ3v) is 2.92. The first kappa shape index (κ1) is 14.6. The molecule has 0 unspecified atom stereocenters. The number of carbonyl (C=O) groups excluding carboxylic acids is 1. The van der Waals surface area contributed by atoms with E-state index in [2.05, 4.69) is 5.32 Å². The minimum atomic E-state index is -1.25. The van der Waals surface area contributed by atoms with Crippen molar-refractivity contribution >= 4 is 17.6 Å². The largest absolute Gasteiger partial charge is 0.478 e. The number of hydrogen-bond donors (Lipinski definition) is 2. The highest BCUT2D eigenvalue weighted by Gasteiger charge is 2.16. The molecule has 0 aliphatic carbocycles. The molecule has 4 nitrogen and oxygen atoms in total. The van der Waals surface area contributed by atoms with Crippen molar-refractivity contribution in [2.24, 2.45) is 0 Å². The monoisotopic (exact) mass is 291 g/mol. The molecular formula is C15H11F2NO3. The van der Waals surface area contributed by atoms with E-state index in [1.54, 1.807) is 6.92 Å². The van der Waals surface area contributed by atoms with Crippen LogP contribution in [0.4, 0.5) is 14.5 Å². The molecule has 1 amide bonds. The number of anilines is 1. The maximum Gasteiger partial charge on any atom is 0.336 e. The van der Waals surface area contributed by atoms with Crippen molar-refractivity contribution in [2.45, 2.75) is 6.92 Å². The molecule has 0 aliphatic heterocycles. The Morgan fingerprint density at radius 3 is 2.48 bits per heavy atom. The maximum atomic E-state index is 13.5. The van der Waals surface area contributed by atoms with Crippen molar-refractivity contribution in [3.63, 3.8) is 0 Å². The standard InChI is InChI=1S/C15H11F2NO3/c1-8-5-6-9(7-11(8)15(20)21)18-14(19)10-3-2-4-12(16)13(10)17/h2-7H,1H3,(H,18,19)(H,20,21). The lowest BCUT2D eigenvalue weighted by Crippen LogP contribution is -2.15. The molecule has 0 aromatic heterocycles. The van der Waals surface area contributed by atoms with Gasteiger partial charge < -0.3 is 10.4 Å². The number of aryl methyl sites for hydroxylation is 1. The number of amides is 1. The van der Waals surface area contributed by atoms with E-state index in [0.29, 0.717) is 5.56 Å². The lowest BCUT2D eigenvalue weighted by Gasteiger charge is -2.08. The first-order chi connectivity index (χ1) is 9.90. The van der Waals surface area contributed by atoms with Crippen LogP contribution >= 0.6 is 0 Å². The highest BCUT2D eigenvalue weighted by Crippen LogP contribution is 2.18. The van der Waals surface area contributed by atoms with Crippen molar-refractivity contribution in [1.82, 2.24) is 0 Å². The number of halogens is 2. The highest BCUT2D eigenvalue weighted by atomic mass is 19.2. The Labute approximate surface area is 119 Å². The molecule has 2 aromatic rings. The summed E-state index contributed by atoms with van der Waals surface area (Å²) < 4.78 is 26.6. The zero-order chi connectivity index (χ0) is 15.6. The van der Waals surface area contributed by atoms with Crippen LogP contribution < -0.4 is 5.32 Å². The van der Waals surface area contributed by atoms with Gasteiger partial charge in [-0.15, -0.1) is 0 Å². The summed E-state index contributed by atoms with van der Waals surface area (Å²) in [6.45, 7) is 1.61. The van der Waals surface area contributed by atoms with Crippen molar-refractivity contribution < 1.29 is 23.5 Å². The van der Waals surface area contributed by atoms with E-state index in [9.17, 15) is 18.4 Å². The van der Waals surface area contributed by atoms with Gasteiger partial charge in [0.05, 0.1) is 11.1 Å². The van der Waals surface area contributed by atoms with Crippen LogP contribution in [0.15, 0.2) is 36.4 Å². The lowest BCUT2D eigenvalue weighted by molar-refractivity contribution is 0.0695. The van der Waals surface area contributed by atoms with Gasteiger partial charge in [0.1, 0.15) is 0 Å². The Balaban J connectivity index is 2.30. The number of carboxylic acid groups (broad SMARTS) is 1. The maximum absolute atomic E-state index is 13.5. The summed E-state index contributed by atoms with van der Waals surface area (Å²) >= 11 is 0. The molecule has 6 heteroatoms. The summed E-state index contributed by atoms with van der Waals surface area (Å²) in [7, 11) is 0. The first-order valence-electron chi connectivity index (χ1n) is 5.99. The fourth-order valence-corrected chi connectivity index (χ4v) is 1.81. The van der Waals surface area contributed by atoms with Crippen LogP contribution in [-0.4, -0.2) is 17.0 Å². The van der Waals surface area contributed by atoms with Gasteiger partial charge in [0, 0.05) is 5.69 Å². The van der Waals surface area contributed by atoms with E-state index in [1.807, 2.05) is 0 Å². The molecule has 0 heterocycles. The number of rotatable bonds is 3. The van der Waals surface area contributed by atoms with Gasteiger partial charge >= 0.3 is 5.97 Å². The second kappa shape index (κ2) is 5.70. The fraction of sp³-hybridized carbons (Fsp3) is 0.0667. The van der Waals surface area contributed by atoms with Crippen LogP contribution in [0.1, 0.15) is 26.3 Å². The highest BCUT2D eigenvalue weighted by molar-refractivity contribution is 6.05. The number of hydrogen-bond acceptors (Lipinski definition) is 2. The van der Waals surface area contributed by atoms with Gasteiger partial charge in [0.25, 0.3) is 5.91 Å². The predicted molar refractivity (Wildman–Crippen MR) is 72.4 cm³/mol. The van der Waals surface area contributed by atoms with Crippen LogP contribution in [0, 0.1) is 18.6 Å². The predicted octanol–water partition coefficient (Wildman–Crippen LogP) is 3.22. The zero-order valence-electron chi connectivity index (χ0n) is 11.0. The van der Waals surface area contributed by atoms with E-state index in [4.69, 9.17) is 5.11 Å². The SMILES string of the molecule is Cc1ccc(NC(=O)c2cccc(F)c2F)cc1C(=O)O. The van der Waals surface area contributed by atoms with Crippen LogP contribution in [0.25, 0.3) is 0 Å². The number of nitrogens with one attached hydrogen (secondary N) is 1. The Hall–Kier alpha value is -2.76. The number of benzene rings is 2. The van der Waals surface area contributed by atoms with Gasteiger partial charge in [-0.3, -0.25) is 4.79 Å². The van der Waals surface area contributed by atoms with E-state index in [1.165, 1.54) is 24.3 Å². The molecule has 2 aromatic carbocycles. The molecule has 2 N–H and O–H groups in total. The topological polar surface area (TPSA) is 66.4 Å². The van der Waals surface area contributed by atoms with Gasteiger partial charge in [-0.2, -0.15) is 0 Å². The van der Waals surface area contributed by atoms with E-state index < -0.39 is 29.1 Å². The summed E-state index contributed by atoms with van der Waals surface area (Å²) in [5.74, 6) is -4.37. The molecule has 21 heavy (non-hydrogen) atoms. The molecule has 0 atom stereocenters. The second-order valence-corrected chi connectivity index (χ2v) is 4.39. The number of aromatic carboxylic acids is 1. The van der Waals surface area contributed by atoms with Crippen LogP contribution in [0.3, 0.4) is 0 Å². The first-order valence-corrected chi connectivity index (χ1v) is 5.99. The fourth-order valence-electron chi connectivity index (χ4n) is 1.81. The zero-order valence-corrected chi connectivity index (χ0v) is 11.0. The van der Waals surface area contributed by atoms with Gasteiger partial charge in [-0.25, -0.2) is 13.6 Å². The van der Waals surface area contributed by atoms with Gasteiger partial charge in [0.2, 0.25) is 0 Å². The van der Waals surface area contributed by atoms with Gasteiger partial charge in [-0.05, 0) is 36.8 Å². The lowest BCUT2D eigenvalue weighted by atomic mass is 10.1. The van der Waals surface area contributed by atoms with Gasteiger partial charge in [0.15, 0.2) is 11.6 Å². The number of carboxylic acids is 1. The summed E-state index contributed by atoms with van der Waals surface area (Å²) in [6, 6.07) is 7.51. The van der Waals surface area contributed by atoms with Crippen LogP contribution in [0.5, 0.6) is 0 Å². The van der Waals surface area contributed by atoms with Crippen molar-refractivity contribution in [3.8, 4) is 0 Å². The summed E-state index contributed by atoms with van der Waals surface area (Å²) in [6.07, 6.45) is 0. The molecule has 108 valence electrons. The molecular weight excluding hydrogens is 280 g/mol. The van der Waals surface area contributed by atoms with E-state index in [0.717, 1.165) is 12.1 Å². The molecule has 0 saturated carbocycles. The molecule has 0 bridgehead atoms. The second-order valence-electron chi connectivity index (χ2n) is 4.39. The molecule has 0 fully saturated rings. The molecule has 0 saturated heterocycles. The normalized spacial score (nSPS) is 10.2. The van der Waals surface area contributed by atoms with E-state index in [-0.39, 0.29) is 11.3 Å². The van der Waals surface area contributed by atoms with Crippen molar-refractivity contribution in [1.29, 1.82) is 0 Å². The van der Waals surface area contributed by atoms with Gasteiger partial charge in [-0.1, -0.05) is 12.1 Å². The van der Waals surface area contributed by atoms with Crippen LogP contribution in [0.2, 0.25) is 0 Å². The molecule has 0 aliphatic rings. The summed E-state index contributed by atoms with van der Waals surface area (Å²) in [4.78, 5) is 22.9. The Morgan fingerprint density at radius 2 is 1.81 bits per heavy atom. The van der Waals surface area contributed by atoms with Crippen molar-refractivity contribution in [2.75, 3.05) is 5.32 Å². The minimum Gasteiger partial charge on any atom is -0.478 e. The third-order valence-electron chi connectivity index (χ3n) is 2.92. The molecule has 2 rings (SSSR count). The Bertz CT molecular complexity index is 729. The molecule has 0 radical (unpaired) electrons. The molecule has 0 spiro atoms. The van der Waals surface area contributed by atoms with E-state index >= 15 is 0 Å².